The quantitative estimate of drug-likeness (QED) is 0.731. The molecule has 0 saturated carbocycles. The van der Waals surface area contributed by atoms with Crippen molar-refractivity contribution in [2.45, 2.75) is 12.3 Å². The summed E-state index contributed by atoms with van der Waals surface area (Å²) >= 11 is 3.22. The zero-order valence-electron chi connectivity index (χ0n) is 6.89. The van der Waals surface area contributed by atoms with Crippen LogP contribution < -0.4 is 10.4 Å². The normalized spacial score (nSPS) is 9.92. The van der Waals surface area contributed by atoms with E-state index in [2.05, 4.69) is 15.9 Å². The van der Waals surface area contributed by atoms with Gasteiger partial charge in [0.15, 0.2) is 0 Å². The molecule has 12 heavy (non-hydrogen) atoms. The highest BCUT2D eigenvalue weighted by Gasteiger charge is 2.07. The zero-order chi connectivity index (χ0) is 9.14. The molecule has 0 aromatic carbocycles. The van der Waals surface area contributed by atoms with Crippen LogP contribution in [0, 0.1) is 6.92 Å². The summed E-state index contributed by atoms with van der Waals surface area (Å²) in [6.45, 7) is 1.85. The molecule has 1 aromatic heterocycles. The minimum Gasteiger partial charge on any atom is -0.496 e. The average Bonchev–Trinajstić information content (AvgIpc) is 2.08. The fourth-order valence-corrected chi connectivity index (χ4v) is 1.45. The van der Waals surface area contributed by atoms with Crippen molar-refractivity contribution in [2.24, 2.45) is 0 Å². The van der Waals surface area contributed by atoms with E-state index >= 15 is 0 Å². The van der Waals surface area contributed by atoms with Gasteiger partial charge in [0.25, 0.3) is 0 Å². The average molecular weight is 233 g/mol. The van der Waals surface area contributed by atoms with Crippen LogP contribution in [-0.4, -0.2) is 7.11 Å². The van der Waals surface area contributed by atoms with E-state index in [1.807, 2.05) is 6.92 Å². The number of methoxy groups -OCH3 is 1. The summed E-state index contributed by atoms with van der Waals surface area (Å²) in [7, 11) is 1.53. The smallest absolute Gasteiger partial charge is 0.339 e. The van der Waals surface area contributed by atoms with Crippen molar-refractivity contribution in [3.8, 4) is 5.75 Å². The van der Waals surface area contributed by atoms with E-state index in [1.54, 1.807) is 0 Å². The Hall–Kier alpha value is -0.770. The Morgan fingerprint density at radius 1 is 1.67 bits per heavy atom. The largest absolute Gasteiger partial charge is 0.496 e. The zero-order valence-corrected chi connectivity index (χ0v) is 8.47. The lowest BCUT2D eigenvalue weighted by molar-refractivity contribution is 0.391. The molecule has 3 nitrogen and oxygen atoms in total. The molecule has 1 aromatic rings. The molecule has 0 fully saturated rings. The molecule has 0 N–H and O–H groups in total. The van der Waals surface area contributed by atoms with Gasteiger partial charge >= 0.3 is 5.63 Å². The van der Waals surface area contributed by atoms with Crippen LogP contribution in [0.25, 0.3) is 0 Å². The van der Waals surface area contributed by atoms with Gasteiger partial charge in [-0.1, -0.05) is 15.9 Å². The van der Waals surface area contributed by atoms with Gasteiger partial charge in [-0.2, -0.15) is 0 Å². The Kier molecular flexibility index (Phi) is 2.92. The number of alkyl halides is 1. The van der Waals surface area contributed by atoms with Crippen LogP contribution >= 0.6 is 15.9 Å². The first-order chi connectivity index (χ1) is 5.69. The second-order valence-electron chi connectivity index (χ2n) is 2.32. The number of halogens is 1. The van der Waals surface area contributed by atoms with Crippen molar-refractivity contribution >= 4 is 15.9 Å². The summed E-state index contributed by atoms with van der Waals surface area (Å²) in [6, 6.07) is 1.33. The predicted molar refractivity (Wildman–Crippen MR) is 48.9 cm³/mol. The van der Waals surface area contributed by atoms with Gasteiger partial charge in [0.1, 0.15) is 11.5 Å². The van der Waals surface area contributed by atoms with Gasteiger partial charge in [-0.05, 0) is 6.92 Å². The van der Waals surface area contributed by atoms with Crippen LogP contribution in [0.4, 0.5) is 0 Å². The first-order valence-corrected chi connectivity index (χ1v) is 4.54. The summed E-state index contributed by atoms with van der Waals surface area (Å²) in [5.74, 6) is 1.18. The third-order valence-electron chi connectivity index (χ3n) is 1.60. The molecule has 4 heteroatoms. The molecule has 0 spiro atoms. The molecule has 0 unspecified atom stereocenters. The Labute approximate surface area is 78.5 Å². The van der Waals surface area contributed by atoms with E-state index in [-0.39, 0.29) is 5.63 Å². The molecule has 0 saturated heterocycles. The van der Waals surface area contributed by atoms with Crippen LogP contribution in [0.15, 0.2) is 15.3 Å². The van der Waals surface area contributed by atoms with Gasteiger partial charge in [-0.25, -0.2) is 4.79 Å². The van der Waals surface area contributed by atoms with E-state index < -0.39 is 0 Å². The molecule has 0 radical (unpaired) electrons. The van der Waals surface area contributed by atoms with Crippen LogP contribution in [0.1, 0.15) is 11.3 Å². The first kappa shape index (κ1) is 9.32. The van der Waals surface area contributed by atoms with Gasteiger partial charge in [0, 0.05) is 5.56 Å². The van der Waals surface area contributed by atoms with E-state index in [4.69, 9.17) is 9.15 Å². The van der Waals surface area contributed by atoms with Gasteiger partial charge in [-0.15, -0.1) is 0 Å². The fourth-order valence-electron chi connectivity index (χ4n) is 0.920. The van der Waals surface area contributed by atoms with E-state index in [1.165, 1.54) is 13.2 Å². The monoisotopic (exact) mass is 232 g/mol. The number of hydrogen-bond acceptors (Lipinski definition) is 3. The summed E-state index contributed by atoms with van der Waals surface area (Å²) in [5, 5.41) is 0.519. The Bertz CT molecular complexity index is 301. The molecular formula is C8H9BrO3. The molecule has 0 aliphatic carbocycles. The lowest BCUT2D eigenvalue weighted by atomic mass is 10.2. The fraction of sp³-hybridized carbons (Fsp3) is 0.375. The molecule has 0 aliphatic heterocycles. The first-order valence-electron chi connectivity index (χ1n) is 3.42. The second-order valence-corrected chi connectivity index (χ2v) is 2.88. The predicted octanol–water partition coefficient (Wildman–Crippen LogP) is 1.85. The second kappa shape index (κ2) is 3.76. The highest BCUT2D eigenvalue weighted by Crippen LogP contribution is 2.19. The third kappa shape index (κ3) is 1.69. The molecular weight excluding hydrogens is 224 g/mol. The molecule has 66 valence electrons. The van der Waals surface area contributed by atoms with Crippen LogP contribution in [0.5, 0.6) is 5.75 Å². The van der Waals surface area contributed by atoms with E-state index in [0.29, 0.717) is 16.8 Å². The molecule has 0 aliphatic rings. The lowest BCUT2D eigenvalue weighted by Crippen LogP contribution is -2.03. The van der Waals surface area contributed by atoms with Crippen molar-refractivity contribution < 1.29 is 9.15 Å². The maximum atomic E-state index is 10.9. The van der Waals surface area contributed by atoms with E-state index in [9.17, 15) is 4.79 Å². The van der Waals surface area contributed by atoms with Crippen molar-refractivity contribution in [1.29, 1.82) is 0 Å². The molecule has 0 bridgehead atoms. The number of hydrogen-bond donors (Lipinski definition) is 0. The van der Waals surface area contributed by atoms with Gasteiger partial charge in [0.05, 0.1) is 18.5 Å². The third-order valence-corrected chi connectivity index (χ3v) is 2.11. The van der Waals surface area contributed by atoms with Gasteiger partial charge in [-0.3, -0.25) is 0 Å². The van der Waals surface area contributed by atoms with Crippen LogP contribution in [0.3, 0.4) is 0 Å². The molecule has 0 atom stereocenters. The summed E-state index contributed by atoms with van der Waals surface area (Å²) < 4.78 is 9.90. The van der Waals surface area contributed by atoms with Gasteiger partial charge < -0.3 is 9.15 Å². The minimum absolute atomic E-state index is 0.382. The number of rotatable bonds is 2. The van der Waals surface area contributed by atoms with Crippen molar-refractivity contribution in [1.82, 2.24) is 0 Å². The van der Waals surface area contributed by atoms with Crippen LogP contribution in [-0.2, 0) is 5.33 Å². The van der Waals surface area contributed by atoms with Gasteiger partial charge in [0.2, 0.25) is 0 Å². The number of ether oxygens (including phenoxy) is 1. The summed E-state index contributed by atoms with van der Waals surface area (Å²) in [4.78, 5) is 10.9. The van der Waals surface area contributed by atoms with E-state index in [0.717, 1.165) is 5.56 Å². The van der Waals surface area contributed by atoms with Crippen molar-refractivity contribution in [2.75, 3.05) is 7.11 Å². The SMILES string of the molecule is COc1cc(=O)oc(CBr)c1C. The topological polar surface area (TPSA) is 39.4 Å². The summed E-state index contributed by atoms with van der Waals surface area (Å²) in [6.07, 6.45) is 0. The lowest BCUT2D eigenvalue weighted by Gasteiger charge is -2.05. The van der Waals surface area contributed by atoms with Crippen molar-refractivity contribution in [3.05, 3.63) is 27.8 Å². The summed E-state index contributed by atoms with van der Waals surface area (Å²) in [5.41, 5.74) is 0.473. The molecule has 0 amide bonds. The Morgan fingerprint density at radius 3 is 2.83 bits per heavy atom. The maximum absolute atomic E-state index is 10.9. The standard InChI is InChI=1S/C8H9BrO3/c1-5-6(11-2)3-8(10)12-7(5)4-9/h3H,4H2,1-2H3. The highest BCUT2D eigenvalue weighted by molar-refractivity contribution is 9.08. The minimum atomic E-state index is -0.382. The van der Waals surface area contributed by atoms with Crippen LogP contribution in [0.2, 0.25) is 0 Å². The molecule has 1 heterocycles. The highest BCUT2D eigenvalue weighted by atomic mass is 79.9. The Balaban J connectivity index is 3.32. The maximum Gasteiger partial charge on any atom is 0.339 e. The Morgan fingerprint density at radius 2 is 2.33 bits per heavy atom. The molecule has 1 rings (SSSR count). The van der Waals surface area contributed by atoms with Crippen molar-refractivity contribution in [3.63, 3.8) is 0 Å².